The molecule has 1 unspecified atom stereocenters. The number of nitrogens with one attached hydrogen (secondary N) is 2. The minimum atomic E-state index is 0. The van der Waals surface area contributed by atoms with Crippen molar-refractivity contribution >= 4 is 35.6 Å². The minimum Gasteiger partial charge on any atom is -0.377 e. The molecular weight excluding hydrogens is 439 g/mol. The summed E-state index contributed by atoms with van der Waals surface area (Å²) in [6, 6.07) is 11.1. The second-order valence-electron chi connectivity index (χ2n) is 6.70. The van der Waals surface area contributed by atoms with Gasteiger partial charge in [-0.05, 0) is 37.8 Å². The molecule has 5 nitrogen and oxygen atoms in total. The molecule has 3 rings (SSSR count). The lowest BCUT2D eigenvalue weighted by molar-refractivity contribution is 0.153. The Kier molecular flexibility index (Phi) is 9.25. The van der Waals surface area contributed by atoms with E-state index in [1.165, 1.54) is 24.1 Å². The highest BCUT2D eigenvalue weighted by Crippen LogP contribution is 2.19. The van der Waals surface area contributed by atoms with Gasteiger partial charge >= 0.3 is 0 Å². The van der Waals surface area contributed by atoms with E-state index in [0.29, 0.717) is 6.04 Å². The van der Waals surface area contributed by atoms with Gasteiger partial charge in [0.15, 0.2) is 5.96 Å². The molecule has 144 valence electrons. The predicted octanol–water partition coefficient (Wildman–Crippen LogP) is 3.18. The molecule has 0 bridgehead atoms. The second kappa shape index (κ2) is 11.4. The number of anilines is 1. The number of aliphatic imine (C=N–C) groups is 1. The number of piperidine rings is 1. The summed E-state index contributed by atoms with van der Waals surface area (Å²) in [5, 5.41) is 7.05. The van der Waals surface area contributed by atoms with Gasteiger partial charge in [-0.1, -0.05) is 29.8 Å². The highest BCUT2D eigenvalue weighted by atomic mass is 127. The fourth-order valence-electron chi connectivity index (χ4n) is 3.49. The third-order valence-electron chi connectivity index (χ3n) is 4.90. The maximum atomic E-state index is 5.36. The van der Waals surface area contributed by atoms with E-state index in [9.17, 15) is 0 Å². The summed E-state index contributed by atoms with van der Waals surface area (Å²) in [5.74, 6) is 0.910. The van der Waals surface area contributed by atoms with Gasteiger partial charge in [0.1, 0.15) is 0 Å². The predicted molar refractivity (Wildman–Crippen MR) is 120 cm³/mol. The van der Waals surface area contributed by atoms with Crippen LogP contribution in [0.2, 0.25) is 0 Å². The topological polar surface area (TPSA) is 48.9 Å². The monoisotopic (exact) mass is 470 g/mol. The van der Waals surface area contributed by atoms with Gasteiger partial charge in [-0.2, -0.15) is 0 Å². The number of rotatable bonds is 5. The van der Waals surface area contributed by atoms with Crippen LogP contribution in [0, 0.1) is 0 Å². The van der Waals surface area contributed by atoms with Gasteiger partial charge in [-0.25, -0.2) is 0 Å². The van der Waals surface area contributed by atoms with Crippen LogP contribution in [0.25, 0.3) is 0 Å². The molecule has 2 heterocycles. The van der Waals surface area contributed by atoms with Crippen molar-refractivity contribution in [1.29, 1.82) is 0 Å². The lowest BCUT2D eigenvalue weighted by Gasteiger charge is -2.35. The summed E-state index contributed by atoms with van der Waals surface area (Å²) in [6.45, 7) is 4.69. The zero-order valence-electron chi connectivity index (χ0n) is 15.6. The molecule has 0 amide bonds. The highest BCUT2D eigenvalue weighted by Gasteiger charge is 2.20. The molecule has 0 spiro atoms. The Hall–Kier alpha value is -1.28. The first-order valence-electron chi connectivity index (χ1n) is 9.38. The van der Waals surface area contributed by atoms with Crippen molar-refractivity contribution in [3.8, 4) is 0 Å². The molecular formula is C20H31IN4O. The molecule has 1 fully saturated rings. The van der Waals surface area contributed by atoms with E-state index in [2.05, 4.69) is 56.9 Å². The third-order valence-corrected chi connectivity index (χ3v) is 4.90. The molecule has 2 N–H and O–H groups in total. The van der Waals surface area contributed by atoms with Crippen molar-refractivity contribution in [3.63, 3.8) is 0 Å². The number of hydrogen-bond acceptors (Lipinski definition) is 3. The summed E-state index contributed by atoms with van der Waals surface area (Å²) >= 11 is 0. The van der Waals surface area contributed by atoms with E-state index >= 15 is 0 Å². The van der Waals surface area contributed by atoms with E-state index in [1.54, 1.807) is 0 Å². The first-order chi connectivity index (χ1) is 12.3. The molecule has 0 saturated carbocycles. The fourth-order valence-corrected chi connectivity index (χ4v) is 3.49. The lowest BCUT2D eigenvalue weighted by Crippen LogP contribution is -2.51. The number of nitrogens with zero attached hydrogens (tertiary/aromatic N) is 2. The molecule has 0 aliphatic carbocycles. The zero-order chi connectivity index (χ0) is 17.3. The molecule has 2 aliphatic heterocycles. The summed E-state index contributed by atoms with van der Waals surface area (Å²) < 4.78 is 5.36. The zero-order valence-corrected chi connectivity index (χ0v) is 17.9. The van der Waals surface area contributed by atoms with Crippen LogP contribution >= 0.6 is 24.0 Å². The number of guanidine groups is 1. The summed E-state index contributed by atoms with van der Waals surface area (Å²) in [6.07, 6.45) is 6.72. The maximum Gasteiger partial charge on any atom is 0.191 e. The van der Waals surface area contributed by atoms with E-state index < -0.39 is 0 Å². The third kappa shape index (κ3) is 6.46. The van der Waals surface area contributed by atoms with Gasteiger partial charge in [0, 0.05) is 38.4 Å². The van der Waals surface area contributed by atoms with Gasteiger partial charge < -0.3 is 20.3 Å². The number of para-hydroxylation sites is 1. The van der Waals surface area contributed by atoms with E-state index in [0.717, 1.165) is 51.6 Å². The molecule has 1 aromatic carbocycles. The van der Waals surface area contributed by atoms with Gasteiger partial charge in [0.05, 0.1) is 13.2 Å². The minimum absolute atomic E-state index is 0. The van der Waals surface area contributed by atoms with Crippen molar-refractivity contribution in [1.82, 2.24) is 10.6 Å². The summed E-state index contributed by atoms with van der Waals surface area (Å²) in [5.41, 5.74) is 2.80. The van der Waals surface area contributed by atoms with Crippen LogP contribution in [-0.2, 0) is 4.74 Å². The summed E-state index contributed by atoms with van der Waals surface area (Å²) in [7, 11) is 1.85. The molecule has 2 aliphatic rings. The van der Waals surface area contributed by atoms with Crippen LogP contribution in [0.3, 0.4) is 0 Å². The van der Waals surface area contributed by atoms with Crippen LogP contribution in [0.4, 0.5) is 5.69 Å². The quantitative estimate of drug-likeness (QED) is 0.301. The largest absolute Gasteiger partial charge is 0.377 e. The number of hydrogen-bond donors (Lipinski definition) is 2. The number of benzene rings is 1. The van der Waals surface area contributed by atoms with Crippen molar-refractivity contribution in [3.05, 3.63) is 42.0 Å². The van der Waals surface area contributed by atoms with E-state index in [4.69, 9.17) is 4.74 Å². The van der Waals surface area contributed by atoms with Crippen molar-refractivity contribution in [2.45, 2.75) is 31.7 Å². The number of ether oxygens (including phenoxy) is 1. The van der Waals surface area contributed by atoms with Crippen LogP contribution in [0.1, 0.15) is 25.7 Å². The van der Waals surface area contributed by atoms with E-state index in [1.807, 2.05) is 7.05 Å². The Morgan fingerprint density at radius 2 is 2.15 bits per heavy atom. The first-order valence-corrected chi connectivity index (χ1v) is 9.38. The Morgan fingerprint density at radius 1 is 1.31 bits per heavy atom. The van der Waals surface area contributed by atoms with Gasteiger partial charge in [0.25, 0.3) is 0 Å². The fraction of sp³-hybridized carbons (Fsp3) is 0.550. The van der Waals surface area contributed by atoms with Gasteiger partial charge in [0.2, 0.25) is 0 Å². The normalized spacial score (nSPS) is 20.8. The van der Waals surface area contributed by atoms with Crippen molar-refractivity contribution in [2.24, 2.45) is 4.99 Å². The Labute approximate surface area is 174 Å². The smallest absolute Gasteiger partial charge is 0.191 e. The van der Waals surface area contributed by atoms with Crippen LogP contribution in [0.15, 0.2) is 47.0 Å². The standard InChI is InChI=1S/C20H30N4O.HI/c1-21-20(22-12-9-17-10-14-25-15-11-17)23-18-6-5-13-24(16-18)19-7-3-2-4-8-19;/h2-4,7-8,10,18H,5-6,9,11-16H2,1H3,(H2,21,22,23);1H. The van der Waals surface area contributed by atoms with Crippen molar-refractivity contribution < 1.29 is 4.74 Å². The summed E-state index contributed by atoms with van der Waals surface area (Å²) in [4.78, 5) is 6.85. The molecule has 26 heavy (non-hydrogen) atoms. The molecule has 6 heteroatoms. The molecule has 1 atom stereocenters. The SMILES string of the molecule is CN=C(NCCC1=CCOCC1)NC1CCCN(c2ccccc2)C1.I. The van der Waals surface area contributed by atoms with Gasteiger partial charge in [-0.15, -0.1) is 24.0 Å². The van der Waals surface area contributed by atoms with Crippen LogP contribution < -0.4 is 15.5 Å². The Morgan fingerprint density at radius 3 is 2.88 bits per heavy atom. The molecule has 0 radical (unpaired) electrons. The second-order valence-corrected chi connectivity index (χ2v) is 6.70. The Balaban J connectivity index is 0.00000243. The molecule has 0 aromatic heterocycles. The highest BCUT2D eigenvalue weighted by molar-refractivity contribution is 14.0. The maximum absolute atomic E-state index is 5.36. The lowest BCUT2D eigenvalue weighted by atomic mass is 10.0. The van der Waals surface area contributed by atoms with E-state index in [-0.39, 0.29) is 24.0 Å². The Bertz CT molecular complexity index is 591. The molecule has 1 aromatic rings. The van der Waals surface area contributed by atoms with Crippen molar-refractivity contribution in [2.75, 3.05) is 44.8 Å². The molecule has 1 saturated heterocycles. The van der Waals surface area contributed by atoms with Gasteiger partial charge in [-0.3, -0.25) is 4.99 Å². The first kappa shape index (κ1) is 21.0. The van der Waals surface area contributed by atoms with Crippen LogP contribution in [0.5, 0.6) is 0 Å². The average molecular weight is 470 g/mol. The average Bonchev–Trinajstić information content (AvgIpc) is 2.69. The number of halogens is 1. The van der Waals surface area contributed by atoms with Crippen LogP contribution in [-0.4, -0.2) is 51.9 Å².